The first-order valence-electron chi connectivity index (χ1n) is 8.26. The summed E-state index contributed by atoms with van der Waals surface area (Å²) in [6.07, 6.45) is 0. The molecule has 0 aliphatic carbocycles. The van der Waals surface area contributed by atoms with Crippen molar-refractivity contribution in [1.29, 1.82) is 0 Å². The highest BCUT2D eigenvalue weighted by Crippen LogP contribution is 2.37. The van der Waals surface area contributed by atoms with Crippen LogP contribution in [-0.2, 0) is 0 Å². The lowest BCUT2D eigenvalue weighted by Gasteiger charge is -2.10. The van der Waals surface area contributed by atoms with E-state index in [1.54, 1.807) is 25.1 Å². The number of carbonyl (C=O) groups excluding carboxylic acids is 1. The van der Waals surface area contributed by atoms with Crippen molar-refractivity contribution in [2.75, 3.05) is 5.32 Å². The second kappa shape index (κ2) is 7.06. The van der Waals surface area contributed by atoms with Crippen LogP contribution >= 0.6 is 23.2 Å². The van der Waals surface area contributed by atoms with Gasteiger partial charge in [-0.15, -0.1) is 0 Å². The zero-order valence-corrected chi connectivity index (χ0v) is 15.8. The second-order valence-electron chi connectivity index (χ2n) is 6.04. The third kappa shape index (κ3) is 3.18. The van der Waals surface area contributed by atoms with Crippen LogP contribution in [0.4, 0.5) is 5.69 Å². The standard InChI is InChI=1S/C21H14Cl2N2O2/c1-12-18(20(25-27-12)19-15(22)9-5-10-16(19)23)21(26)24-17-11-4-7-13-6-2-3-8-14(13)17/h2-11H,1H3,(H,24,26). The molecule has 0 atom stereocenters. The molecule has 4 nitrogen and oxygen atoms in total. The minimum atomic E-state index is -0.337. The Balaban J connectivity index is 1.78. The second-order valence-corrected chi connectivity index (χ2v) is 6.85. The van der Waals surface area contributed by atoms with Crippen molar-refractivity contribution in [3.8, 4) is 11.3 Å². The molecule has 1 heterocycles. The van der Waals surface area contributed by atoms with Crippen molar-refractivity contribution in [1.82, 2.24) is 5.16 Å². The predicted molar refractivity (Wildman–Crippen MR) is 109 cm³/mol. The quantitative estimate of drug-likeness (QED) is 0.438. The monoisotopic (exact) mass is 396 g/mol. The maximum absolute atomic E-state index is 13.1. The SMILES string of the molecule is Cc1onc(-c2c(Cl)cccc2Cl)c1C(=O)Nc1cccc2ccccc12. The highest BCUT2D eigenvalue weighted by Gasteiger charge is 2.25. The summed E-state index contributed by atoms with van der Waals surface area (Å²) in [6, 6.07) is 18.7. The Morgan fingerprint density at radius 1 is 0.963 bits per heavy atom. The number of hydrogen-bond donors (Lipinski definition) is 1. The number of amides is 1. The summed E-state index contributed by atoms with van der Waals surface area (Å²) in [7, 11) is 0. The number of hydrogen-bond acceptors (Lipinski definition) is 3. The number of fused-ring (bicyclic) bond motifs is 1. The number of aromatic nitrogens is 1. The van der Waals surface area contributed by atoms with Crippen LogP contribution in [0.15, 0.2) is 65.2 Å². The van der Waals surface area contributed by atoms with Gasteiger partial charge in [0.25, 0.3) is 5.91 Å². The third-order valence-corrected chi connectivity index (χ3v) is 4.96. The van der Waals surface area contributed by atoms with Gasteiger partial charge in [0.05, 0.1) is 10.0 Å². The van der Waals surface area contributed by atoms with Crippen molar-refractivity contribution < 1.29 is 9.32 Å². The Kier molecular flexibility index (Phi) is 4.60. The van der Waals surface area contributed by atoms with Crippen LogP contribution in [0.2, 0.25) is 10.0 Å². The molecule has 0 aliphatic rings. The lowest BCUT2D eigenvalue weighted by Crippen LogP contribution is -2.14. The van der Waals surface area contributed by atoms with Crippen molar-refractivity contribution >= 4 is 45.6 Å². The number of halogens is 2. The summed E-state index contributed by atoms with van der Waals surface area (Å²) in [4.78, 5) is 13.1. The Morgan fingerprint density at radius 3 is 2.41 bits per heavy atom. The van der Waals surface area contributed by atoms with Gasteiger partial charge in [0.2, 0.25) is 0 Å². The molecular weight excluding hydrogens is 383 g/mol. The third-order valence-electron chi connectivity index (χ3n) is 4.33. The predicted octanol–water partition coefficient (Wildman–Crippen LogP) is 6.36. The van der Waals surface area contributed by atoms with E-state index in [1.165, 1.54) is 0 Å². The summed E-state index contributed by atoms with van der Waals surface area (Å²) in [5.74, 6) is 0.0508. The Bertz CT molecular complexity index is 1140. The van der Waals surface area contributed by atoms with Crippen molar-refractivity contribution in [3.05, 3.63) is 82.0 Å². The van der Waals surface area contributed by atoms with E-state index in [2.05, 4.69) is 10.5 Å². The van der Waals surface area contributed by atoms with Gasteiger partial charge in [-0.2, -0.15) is 0 Å². The van der Waals surface area contributed by atoms with E-state index in [9.17, 15) is 4.79 Å². The van der Waals surface area contributed by atoms with Gasteiger partial charge >= 0.3 is 0 Å². The smallest absolute Gasteiger partial charge is 0.261 e. The average Bonchev–Trinajstić information content (AvgIpc) is 3.03. The molecule has 0 spiro atoms. The van der Waals surface area contributed by atoms with E-state index in [1.807, 2.05) is 42.5 Å². The molecule has 1 aromatic heterocycles. The maximum Gasteiger partial charge on any atom is 0.261 e. The first-order chi connectivity index (χ1) is 13.1. The van der Waals surface area contributed by atoms with E-state index in [0.717, 1.165) is 10.8 Å². The number of carbonyl (C=O) groups is 1. The van der Waals surface area contributed by atoms with E-state index < -0.39 is 0 Å². The van der Waals surface area contributed by atoms with Gasteiger partial charge in [-0.25, -0.2) is 0 Å². The molecule has 27 heavy (non-hydrogen) atoms. The number of benzene rings is 3. The molecule has 1 amide bonds. The molecule has 0 saturated carbocycles. The molecule has 4 aromatic rings. The number of rotatable bonds is 3. The van der Waals surface area contributed by atoms with Gasteiger partial charge in [-0.05, 0) is 30.5 Å². The van der Waals surface area contributed by atoms with E-state index in [0.29, 0.717) is 38.3 Å². The summed E-state index contributed by atoms with van der Waals surface area (Å²) >= 11 is 12.6. The van der Waals surface area contributed by atoms with Crippen LogP contribution in [0.25, 0.3) is 22.0 Å². The van der Waals surface area contributed by atoms with Crippen LogP contribution in [0.1, 0.15) is 16.1 Å². The summed E-state index contributed by atoms with van der Waals surface area (Å²) in [6.45, 7) is 1.68. The van der Waals surface area contributed by atoms with Gasteiger partial charge in [-0.1, -0.05) is 70.8 Å². The fourth-order valence-electron chi connectivity index (χ4n) is 3.05. The number of nitrogens with one attached hydrogen (secondary N) is 1. The average molecular weight is 397 g/mol. The molecule has 3 aromatic carbocycles. The highest BCUT2D eigenvalue weighted by molar-refractivity contribution is 6.39. The summed E-state index contributed by atoms with van der Waals surface area (Å²) < 4.78 is 5.28. The molecule has 0 fully saturated rings. The van der Waals surface area contributed by atoms with Gasteiger partial charge in [-0.3, -0.25) is 4.79 Å². The molecule has 0 bridgehead atoms. The first-order valence-corrected chi connectivity index (χ1v) is 9.01. The van der Waals surface area contributed by atoms with Gasteiger partial charge in [0, 0.05) is 16.6 Å². The van der Waals surface area contributed by atoms with Gasteiger partial charge in [0.1, 0.15) is 17.0 Å². The van der Waals surface area contributed by atoms with Crippen molar-refractivity contribution in [3.63, 3.8) is 0 Å². The molecule has 0 aliphatic heterocycles. The van der Waals surface area contributed by atoms with Crippen molar-refractivity contribution in [2.24, 2.45) is 0 Å². The van der Waals surface area contributed by atoms with Crippen molar-refractivity contribution in [2.45, 2.75) is 6.92 Å². The number of nitrogens with zero attached hydrogens (tertiary/aromatic N) is 1. The zero-order valence-electron chi connectivity index (χ0n) is 14.3. The minimum absolute atomic E-state index is 0.304. The van der Waals surface area contributed by atoms with Crippen LogP contribution in [0.3, 0.4) is 0 Å². The highest BCUT2D eigenvalue weighted by atomic mass is 35.5. The Morgan fingerprint density at radius 2 is 1.63 bits per heavy atom. The normalized spacial score (nSPS) is 10.9. The summed E-state index contributed by atoms with van der Waals surface area (Å²) in [5.41, 5.74) is 1.80. The number of aryl methyl sites for hydroxylation is 1. The molecule has 0 radical (unpaired) electrons. The van der Waals surface area contributed by atoms with E-state index in [-0.39, 0.29) is 5.91 Å². The molecule has 1 N–H and O–H groups in total. The van der Waals surface area contributed by atoms with Crippen LogP contribution in [0.5, 0.6) is 0 Å². The van der Waals surface area contributed by atoms with Gasteiger partial charge < -0.3 is 9.84 Å². The topological polar surface area (TPSA) is 55.1 Å². The van der Waals surface area contributed by atoms with Crippen LogP contribution < -0.4 is 5.32 Å². The fourth-order valence-corrected chi connectivity index (χ4v) is 3.63. The largest absolute Gasteiger partial charge is 0.360 e. The summed E-state index contributed by atoms with van der Waals surface area (Å²) in [5, 5.41) is 9.75. The molecular formula is C21H14Cl2N2O2. The van der Waals surface area contributed by atoms with Gasteiger partial charge in [0.15, 0.2) is 0 Å². The van der Waals surface area contributed by atoms with Crippen LogP contribution in [-0.4, -0.2) is 11.1 Å². The Labute approximate surface area is 165 Å². The number of anilines is 1. The van der Waals surface area contributed by atoms with Crippen LogP contribution in [0, 0.1) is 6.92 Å². The lowest BCUT2D eigenvalue weighted by molar-refractivity contribution is 0.102. The molecule has 0 saturated heterocycles. The molecule has 134 valence electrons. The Hall–Kier alpha value is -2.82. The van der Waals surface area contributed by atoms with E-state index >= 15 is 0 Å². The lowest BCUT2D eigenvalue weighted by atomic mass is 10.0. The molecule has 0 unspecified atom stereocenters. The maximum atomic E-state index is 13.1. The zero-order chi connectivity index (χ0) is 19.0. The molecule has 6 heteroatoms. The minimum Gasteiger partial charge on any atom is -0.360 e. The first kappa shape index (κ1) is 17.6. The fraction of sp³-hybridized carbons (Fsp3) is 0.0476. The molecule has 4 rings (SSSR count). The van der Waals surface area contributed by atoms with E-state index in [4.69, 9.17) is 27.7 Å².